The quantitative estimate of drug-likeness (QED) is 0.538. The predicted molar refractivity (Wildman–Crippen MR) is 105 cm³/mol. The molecule has 4 aromatic rings. The highest BCUT2D eigenvalue weighted by Gasteiger charge is 2.23. The van der Waals surface area contributed by atoms with Gasteiger partial charge in [-0.3, -0.25) is 4.90 Å². The number of H-pyrrole nitrogens is 1. The van der Waals surface area contributed by atoms with Gasteiger partial charge in [0.2, 0.25) is 0 Å². The average Bonchev–Trinajstić information content (AvgIpc) is 3.43. The number of fused-ring (bicyclic) bond motifs is 1. The van der Waals surface area contributed by atoms with E-state index in [2.05, 4.69) is 45.7 Å². The van der Waals surface area contributed by atoms with Crippen molar-refractivity contribution in [1.29, 1.82) is 0 Å². The lowest BCUT2D eigenvalue weighted by Gasteiger charge is -2.31. The molecule has 1 N–H and O–H groups in total. The summed E-state index contributed by atoms with van der Waals surface area (Å²) in [6.07, 6.45) is 6.32. The van der Waals surface area contributed by atoms with Crippen molar-refractivity contribution in [3.63, 3.8) is 0 Å². The SMILES string of the molecule is c1coc(-c2nc(CN3CCC(c4c[nH]c5ccccc45)CC3)cs2)c1. The number of rotatable bonds is 4. The van der Waals surface area contributed by atoms with Crippen LogP contribution in [0.25, 0.3) is 21.7 Å². The number of benzene rings is 1. The van der Waals surface area contributed by atoms with Gasteiger partial charge in [-0.2, -0.15) is 0 Å². The molecule has 26 heavy (non-hydrogen) atoms. The number of aromatic nitrogens is 2. The van der Waals surface area contributed by atoms with Crippen LogP contribution in [-0.4, -0.2) is 28.0 Å². The van der Waals surface area contributed by atoms with Crippen LogP contribution in [-0.2, 0) is 6.54 Å². The Bertz CT molecular complexity index is 993. The summed E-state index contributed by atoms with van der Waals surface area (Å²) in [5.74, 6) is 1.51. The third kappa shape index (κ3) is 2.97. The molecule has 5 heteroatoms. The predicted octanol–water partition coefficient (Wildman–Crippen LogP) is 5.26. The van der Waals surface area contributed by atoms with E-state index in [4.69, 9.17) is 9.40 Å². The van der Waals surface area contributed by atoms with E-state index in [9.17, 15) is 0 Å². The molecular formula is C21H21N3OS. The van der Waals surface area contributed by atoms with Gasteiger partial charge in [0.25, 0.3) is 0 Å². The summed E-state index contributed by atoms with van der Waals surface area (Å²) < 4.78 is 5.44. The van der Waals surface area contributed by atoms with Gasteiger partial charge in [0.05, 0.1) is 12.0 Å². The van der Waals surface area contributed by atoms with Gasteiger partial charge in [0.1, 0.15) is 0 Å². The second-order valence-electron chi connectivity index (χ2n) is 6.96. The van der Waals surface area contributed by atoms with Crippen molar-refractivity contribution in [1.82, 2.24) is 14.9 Å². The average molecular weight is 363 g/mol. The summed E-state index contributed by atoms with van der Waals surface area (Å²) >= 11 is 1.66. The Kier molecular flexibility index (Phi) is 4.11. The number of para-hydroxylation sites is 1. The third-order valence-corrected chi connectivity index (χ3v) is 6.22. The normalized spacial score (nSPS) is 16.5. The van der Waals surface area contributed by atoms with Crippen LogP contribution in [0.2, 0.25) is 0 Å². The van der Waals surface area contributed by atoms with Crippen molar-refractivity contribution in [3.8, 4) is 10.8 Å². The fourth-order valence-electron chi connectivity index (χ4n) is 3.96. The van der Waals surface area contributed by atoms with Gasteiger partial charge in [0, 0.05) is 29.0 Å². The summed E-state index contributed by atoms with van der Waals surface area (Å²) in [7, 11) is 0. The number of furan rings is 1. The van der Waals surface area contributed by atoms with Crippen LogP contribution < -0.4 is 0 Å². The fraction of sp³-hybridized carbons (Fsp3) is 0.286. The molecule has 1 saturated heterocycles. The zero-order chi connectivity index (χ0) is 17.3. The highest BCUT2D eigenvalue weighted by molar-refractivity contribution is 7.13. The maximum atomic E-state index is 5.44. The number of piperidine rings is 1. The molecule has 0 amide bonds. The van der Waals surface area contributed by atoms with Crippen LogP contribution >= 0.6 is 11.3 Å². The Balaban J connectivity index is 1.23. The molecule has 3 aromatic heterocycles. The minimum absolute atomic E-state index is 0.650. The number of aromatic amines is 1. The molecular weight excluding hydrogens is 342 g/mol. The van der Waals surface area contributed by atoms with Crippen molar-refractivity contribution in [2.45, 2.75) is 25.3 Å². The van der Waals surface area contributed by atoms with Crippen LogP contribution in [0.4, 0.5) is 0 Å². The first-order valence-electron chi connectivity index (χ1n) is 9.13. The van der Waals surface area contributed by atoms with E-state index < -0.39 is 0 Å². The molecule has 0 spiro atoms. The van der Waals surface area contributed by atoms with Crippen molar-refractivity contribution >= 4 is 22.2 Å². The van der Waals surface area contributed by atoms with Gasteiger partial charge in [-0.25, -0.2) is 4.98 Å². The summed E-state index contributed by atoms with van der Waals surface area (Å²) in [5, 5.41) is 4.51. The first-order chi connectivity index (χ1) is 12.9. The van der Waals surface area contributed by atoms with Crippen LogP contribution in [0.3, 0.4) is 0 Å². The topological polar surface area (TPSA) is 45.1 Å². The molecule has 1 fully saturated rings. The molecule has 1 aliphatic rings. The van der Waals surface area contributed by atoms with Gasteiger partial charge in [0.15, 0.2) is 10.8 Å². The largest absolute Gasteiger partial charge is 0.462 e. The molecule has 132 valence electrons. The Morgan fingerprint density at radius 1 is 1.15 bits per heavy atom. The van der Waals surface area contributed by atoms with Gasteiger partial charge in [-0.05, 0) is 55.6 Å². The highest BCUT2D eigenvalue weighted by Crippen LogP contribution is 2.33. The van der Waals surface area contributed by atoms with Crippen LogP contribution in [0.1, 0.15) is 30.0 Å². The number of nitrogens with one attached hydrogen (secondary N) is 1. The van der Waals surface area contributed by atoms with E-state index in [-0.39, 0.29) is 0 Å². The van der Waals surface area contributed by atoms with E-state index in [1.54, 1.807) is 17.6 Å². The van der Waals surface area contributed by atoms with Crippen molar-refractivity contribution in [2.24, 2.45) is 0 Å². The lowest BCUT2D eigenvalue weighted by Crippen LogP contribution is -2.32. The first kappa shape index (κ1) is 15.9. The number of hydrogen-bond acceptors (Lipinski definition) is 4. The van der Waals surface area contributed by atoms with E-state index in [0.717, 1.165) is 36.1 Å². The molecule has 5 rings (SSSR count). The standard InChI is InChI=1S/C21H21N3OS/c1-2-5-19-17(4-1)18(12-22-19)15-7-9-24(10-8-15)13-16-14-26-21(23-16)20-6-3-11-25-20/h1-6,11-12,14-15,22H,7-10,13H2. The van der Waals surface area contributed by atoms with Crippen molar-refractivity contribution in [2.75, 3.05) is 13.1 Å². The molecule has 0 unspecified atom stereocenters. The maximum absolute atomic E-state index is 5.44. The Morgan fingerprint density at radius 3 is 2.88 bits per heavy atom. The summed E-state index contributed by atoms with van der Waals surface area (Å²) in [5.41, 5.74) is 3.87. The van der Waals surface area contributed by atoms with Crippen molar-refractivity contribution < 1.29 is 4.42 Å². The molecule has 4 heterocycles. The molecule has 0 bridgehead atoms. The Hall–Kier alpha value is -2.37. The highest BCUT2D eigenvalue weighted by atomic mass is 32.1. The molecule has 0 aliphatic carbocycles. The van der Waals surface area contributed by atoms with E-state index >= 15 is 0 Å². The summed E-state index contributed by atoms with van der Waals surface area (Å²) in [4.78, 5) is 10.7. The molecule has 1 aromatic carbocycles. The lowest BCUT2D eigenvalue weighted by atomic mass is 9.89. The third-order valence-electron chi connectivity index (χ3n) is 5.32. The van der Waals surface area contributed by atoms with Crippen molar-refractivity contribution in [3.05, 3.63) is 65.5 Å². The van der Waals surface area contributed by atoms with E-state index in [0.29, 0.717) is 5.92 Å². The Morgan fingerprint density at radius 2 is 2.04 bits per heavy atom. The Labute approximate surface area is 156 Å². The van der Waals surface area contributed by atoms with E-state index in [1.165, 1.54) is 29.3 Å². The van der Waals surface area contributed by atoms with Crippen LogP contribution in [0.15, 0.2) is 58.7 Å². The second-order valence-corrected chi connectivity index (χ2v) is 7.82. The number of hydrogen-bond donors (Lipinski definition) is 1. The second kappa shape index (κ2) is 6.74. The molecule has 0 atom stereocenters. The van der Waals surface area contributed by atoms with Gasteiger partial charge >= 0.3 is 0 Å². The summed E-state index contributed by atoms with van der Waals surface area (Å²) in [6.45, 7) is 3.17. The lowest BCUT2D eigenvalue weighted by molar-refractivity contribution is 0.203. The first-order valence-corrected chi connectivity index (χ1v) is 10.0. The van der Waals surface area contributed by atoms with E-state index in [1.807, 2.05) is 12.1 Å². The number of thiazole rings is 1. The smallest absolute Gasteiger partial charge is 0.162 e. The summed E-state index contributed by atoms with van der Waals surface area (Å²) in [6, 6.07) is 12.5. The number of nitrogens with zero attached hydrogens (tertiary/aromatic N) is 2. The van der Waals surface area contributed by atoms with Crippen LogP contribution in [0, 0.1) is 0 Å². The van der Waals surface area contributed by atoms with Crippen LogP contribution in [0.5, 0.6) is 0 Å². The fourth-order valence-corrected chi connectivity index (χ4v) is 4.73. The minimum atomic E-state index is 0.650. The monoisotopic (exact) mass is 363 g/mol. The van der Waals surface area contributed by atoms with Gasteiger partial charge < -0.3 is 9.40 Å². The molecule has 0 saturated carbocycles. The molecule has 0 radical (unpaired) electrons. The molecule has 1 aliphatic heterocycles. The van der Waals surface area contributed by atoms with Gasteiger partial charge in [-0.1, -0.05) is 18.2 Å². The van der Waals surface area contributed by atoms with Gasteiger partial charge in [-0.15, -0.1) is 11.3 Å². The molecule has 4 nitrogen and oxygen atoms in total. The zero-order valence-electron chi connectivity index (χ0n) is 14.5. The maximum Gasteiger partial charge on any atom is 0.162 e. The minimum Gasteiger partial charge on any atom is -0.462 e. The number of likely N-dealkylation sites (tertiary alicyclic amines) is 1. The zero-order valence-corrected chi connectivity index (χ0v) is 15.3.